The number of hydrogen-bond donors (Lipinski definition) is 2. The first-order chi connectivity index (χ1) is 8.58. The Morgan fingerprint density at radius 3 is 2.78 bits per heavy atom. The summed E-state index contributed by atoms with van der Waals surface area (Å²) in [6, 6.07) is 3.86. The molecular formula is C12H13Cl2NOS2. The van der Waals surface area contributed by atoms with Crippen LogP contribution in [0.5, 0.6) is 0 Å². The van der Waals surface area contributed by atoms with Crippen molar-refractivity contribution in [1.82, 2.24) is 5.32 Å². The Balaban J connectivity index is 1.92. The first-order valence-corrected chi connectivity index (χ1v) is 7.97. The molecule has 18 heavy (non-hydrogen) atoms. The molecule has 2 atom stereocenters. The van der Waals surface area contributed by atoms with E-state index in [-0.39, 0.29) is 6.04 Å². The Labute approximate surface area is 124 Å². The highest BCUT2D eigenvalue weighted by molar-refractivity contribution is 7.20. The molecule has 2 aromatic rings. The third-order valence-corrected chi connectivity index (χ3v) is 4.91. The molecular weight excluding hydrogens is 309 g/mol. The minimum Gasteiger partial charge on any atom is -0.387 e. The van der Waals surface area contributed by atoms with E-state index in [9.17, 15) is 5.11 Å². The number of rotatable bonds is 5. The molecule has 0 aromatic carbocycles. The van der Waals surface area contributed by atoms with Crippen LogP contribution in [0.2, 0.25) is 8.67 Å². The van der Waals surface area contributed by atoms with Crippen LogP contribution in [0.1, 0.15) is 30.2 Å². The van der Waals surface area contributed by atoms with E-state index in [2.05, 4.69) is 5.32 Å². The van der Waals surface area contributed by atoms with Crippen LogP contribution in [0, 0.1) is 0 Å². The van der Waals surface area contributed by atoms with Crippen molar-refractivity contribution in [3.8, 4) is 0 Å². The number of hydrogen-bond acceptors (Lipinski definition) is 4. The molecule has 98 valence electrons. The molecule has 2 rings (SSSR count). The van der Waals surface area contributed by atoms with Gasteiger partial charge in [-0.05, 0) is 40.9 Å². The minimum atomic E-state index is -0.494. The van der Waals surface area contributed by atoms with Crippen LogP contribution in [-0.4, -0.2) is 11.7 Å². The van der Waals surface area contributed by atoms with Gasteiger partial charge in [-0.2, -0.15) is 11.3 Å². The lowest BCUT2D eigenvalue weighted by Crippen LogP contribution is -2.24. The van der Waals surface area contributed by atoms with E-state index in [0.717, 1.165) is 11.1 Å². The predicted molar refractivity (Wildman–Crippen MR) is 80.0 cm³/mol. The summed E-state index contributed by atoms with van der Waals surface area (Å²) in [5.74, 6) is 0. The summed E-state index contributed by atoms with van der Waals surface area (Å²) in [7, 11) is 0. The van der Waals surface area contributed by atoms with Gasteiger partial charge in [0.05, 0.1) is 14.8 Å². The summed E-state index contributed by atoms with van der Waals surface area (Å²) in [5.41, 5.74) is 1.92. The van der Waals surface area contributed by atoms with Crippen LogP contribution in [0.3, 0.4) is 0 Å². The molecule has 0 aliphatic carbocycles. The maximum absolute atomic E-state index is 9.97. The quantitative estimate of drug-likeness (QED) is 0.849. The minimum absolute atomic E-state index is 0.0644. The normalized spacial score (nSPS) is 14.7. The Morgan fingerprint density at radius 1 is 1.44 bits per heavy atom. The molecule has 6 heteroatoms. The van der Waals surface area contributed by atoms with Crippen molar-refractivity contribution >= 4 is 45.9 Å². The first kappa shape index (κ1) is 14.3. The molecule has 0 aliphatic heterocycles. The average molecular weight is 322 g/mol. The van der Waals surface area contributed by atoms with Gasteiger partial charge in [0.2, 0.25) is 0 Å². The van der Waals surface area contributed by atoms with Crippen LogP contribution in [0.15, 0.2) is 22.9 Å². The molecule has 2 nitrogen and oxygen atoms in total. The molecule has 0 saturated heterocycles. The molecule has 2 heterocycles. The number of aliphatic hydroxyl groups is 1. The van der Waals surface area contributed by atoms with Crippen LogP contribution in [0.4, 0.5) is 0 Å². The zero-order chi connectivity index (χ0) is 13.1. The third kappa shape index (κ3) is 3.47. The van der Waals surface area contributed by atoms with Crippen molar-refractivity contribution in [3.63, 3.8) is 0 Å². The van der Waals surface area contributed by atoms with Gasteiger partial charge in [0, 0.05) is 12.6 Å². The summed E-state index contributed by atoms with van der Waals surface area (Å²) in [5, 5.41) is 17.1. The second-order valence-electron chi connectivity index (χ2n) is 3.98. The first-order valence-electron chi connectivity index (χ1n) is 5.46. The second kappa shape index (κ2) is 6.37. The average Bonchev–Trinajstić information content (AvgIpc) is 2.95. The number of halogens is 2. The summed E-state index contributed by atoms with van der Waals surface area (Å²) < 4.78 is 1.38. The summed E-state index contributed by atoms with van der Waals surface area (Å²) >= 11 is 14.9. The molecule has 0 spiro atoms. The Kier molecular flexibility index (Phi) is 5.06. The molecule has 0 amide bonds. The van der Waals surface area contributed by atoms with E-state index >= 15 is 0 Å². The van der Waals surface area contributed by atoms with Gasteiger partial charge in [-0.25, -0.2) is 0 Å². The van der Waals surface area contributed by atoms with Gasteiger partial charge in [-0.3, -0.25) is 0 Å². The van der Waals surface area contributed by atoms with Gasteiger partial charge in [0.15, 0.2) is 0 Å². The van der Waals surface area contributed by atoms with E-state index in [1.165, 1.54) is 11.3 Å². The van der Waals surface area contributed by atoms with E-state index in [1.807, 2.05) is 29.8 Å². The molecule has 0 fully saturated rings. The topological polar surface area (TPSA) is 32.3 Å². The number of nitrogens with one attached hydrogen (secondary N) is 1. The molecule has 0 saturated carbocycles. The molecule has 0 bridgehead atoms. The SMILES string of the molecule is CC(NCC(O)c1ccsc1)c1cc(Cl)sc1Cl. The van der Waals surface area contributed by atoms with E-state index in [1.54, 1.807) is 11.3 Å². The van der Waals surface area contributed by atoms with Gasteiger partial charge in [-0.15, -0.1) is 11.3 Å². The molecule has 2 unspecified atom stereocenters. The lowest BCUT2D eigenvalue weighted by Gasteiger charge is -2.16. The monoisotopic (exact) mass is 321 g/mol. The van der Waals surface area contributed by atoms with Crippen molar-refractivity contribution in [2.45, 2.75) is 19.1 Å². The van der Waals surface area contributed by atoms with Crippen molar-refractivity contribution < 1.29 is 5.11 Å². The zero-order valence-corrected chi connectivity index (χ0v) is 12.8. The summed E-state index contributed by atoms with van der Waals surface area (Å²) in [6.45, 7) is 2.49. The highest BCUT2D eigenvalue weighted by Crippen LogP contribution is 2.34. The molecule has 2 aromatic heterocycles. The van der Waals surface area contributed by atoms with Gasteiger partial charge >= 0.3 is 0 Å². The smallest absolute Gasteiger partial charge is 0.0991 e. The molecule has 0 radical (unpaired) electrons. The van der Waals surface area contributed by atoms with Gasteiger partial charge in [-0.1, -0.05) is 23.2 Å². The van der Waals surface area contributed by atoms with E-state index in [4.69, 9.17) is 23.2 Å². The van der Waals surface area contributed by atoms with Crippen molar-refractivity contribution in [1.29, 1.82) is 0 Å². The number of aliphatic hydroxyl groups excluding tert-OH is 1. The Hall–Kier alpha value is -0.100. The fourth-order valence-electron chi connectivity index (χ4n) is 1.63. The Bertz CT molecular complexity index is 498. The molecule has 2 N–H and O–H groups in total. The fourth-order valence-corrected chi connectivity index (χ4v) is 3.98. The van der Waals surface area contributed by atoms with Crippen molar-refractivity contribution in [2.75, 3.05) is 6.54 Å². The highest BCUT2D eigenvalue weighted by atomic mass is 35.5. The molecule has 0 aliphatic rings. The predicted octanol–water partition coefficient (Wildman–Crippen LogP) is 4.50. The van der Waals surface area contributed by atoms with Crippen LogP contribution >= 0.6 is 45.9 Å². The van der Waals surface area contributed by atoms with Crippen LogP contribution in [0.25, 0.3) is 0 Å². The number of thiophene rings is 2. The summed E-state index contributed by atoms with van der Waals surface area (Å²) in [4.78, 5) is 0. The van der Waals surface area contributed by atoms with Gasteiger partial charge in [0.25, 0.3) is 0 Å². The van der Waals surface area contributed by atoms with Crippen LogP contribution < -0.4 is 5.32 Å². The second-order valence-corrected chi connectivity index (χ2v) is 7.05. The van der Waals surface area contributed by atoms with Gasteiger partial charge in [0.1, 0.15) is 0 Å². The highest BCUT2D eigenvalue weighted by Gasteiger charge is 2.15. The van der Waals surface area contributed by atoms with E-state index in [0.29, 0.717) is 15.2 Å². The standard InChI is InChI=1S/C12H13Cl2NOS2/c1-7(9-4-11(13)18-12(9)14)15-5-10(16)8-2-3-17-6-8/h2-4,6-7,10,15-16H,5H2,1H3. The van der Waals surface area contributed by atoms with Crippen molar-refractivity contribution in [3.05, 3.63) is 42.7 Å². The van der Waals surface area contributed by atoms with Crippen LogP contribution in [-0.2, 0) is 0 Å². The lowest BCUT2D eigenvalue weighted by atomic mass is 10.1. The largest absolute Gasteiger partial charge is 0.387 e. The Morgan fingerprint density at radius 2 is 2.22 bits per heavy atom. The third-order valence-electron chi connectivity index (χ3n) is 2.69. The fraction of sp³-hybridized carbons (Fsp3) is 0.333. The van der Waals surface area contributed by atoms with E-state index < -0.39 is 6.10 Å². The van der Waals surface area contributed by atoms with Gasteiger partial charge < -0.3 is 10.4 Å². The maximum Gasteiger partial charge on any atom is 0.0991 e. The summed E-state index contributed by atoms with van der Waals surface area (Å²) in [6.07, 6.45) is -0.494. The van der Waals surface area contributed by atoms with Crippen molar-refractivity contribution in [2.24, 2.45) is 0 Å². The lowest BCUT2D eigenvalue weighted by molar-refractivity contribution is 0.171. The zero-order valence-electron chi connectivity index (χ0n) is 9.69. The maximum atomic E-state index is 9.97.